The van der Waals surface area contributed by atoms with Crippen LogP contribution in [0.25, 0.3) is 16.9 Å². The van der Waals surface area contributed by atoms with E-state index < -0.39 is 17.5 Å². The number of rotatable bonds is 8. The molecule has 1 heterocycles. The molecule has 7 nitrogen and oxygen atoms in total. The fraction of sp³-hybridized carbons (Fsp3) is 0.0323. The van der Waals surface area contributed by atoms with Crippen molar-refractivity contribution in [1.29, 1.82) is 0 Å². The van der Waals surface area contributed by atoms with Gasteiger partial charge in [-0.25, -0.2) is 4.68 Å². The van der Waals surface area contributed by atoms with E-state index in [2.05, 4.69) is 10.4 Å². The largest absolute Gasteiger partial charge is 0.497 e. The van der Waals surface area contributed by atoms with E-state index in [0.717, 1.165) is 0 Å². The fourth-order valence-corrected chi connectivity index (χ4v) is 4.39. The zero-order valence-corrected chi connectivity index (χ0v) is 22.6. The smallest absolute Gasteiger partial charge is 0.296 e. The predicted octanol–water partition coefficient (Wildman–Crippen LogP) is 6.91. The molecular weight excluding hydrogens is 549 g/mol. The van der Waals surface area contributed by atoms with Crippen molar-refractivity contribution < 1.29 is 19.1 Å². The average Bonchev–Trinajstić information content (AvgIpc) is 3.38. The summed E-state index contributed by atoms with van der Waals surface area (Å²) in [5.74, 6) is -1.81. The molecule has 9 heteroatoms. The maximum atomic E-state index is 13.9. The number of benzene rings is 4. The number of nitrogens with one attached hydrogen (secondary N) is 1. The van der Waals surface area contributed by atoms with Gasteiger partial charge in [0.25, 0.3) is 11.7 Å². The Morgan fingerprint density at radius 3 is 1.98 bits per heavy atom. The molecule has 0 aliphatic rings. The van der Waals surface area contributed by atoms with Crippen molar-refractivity contribution in [2.45, 2.75) is 0 Å². The van der Waals surface area contributed by atoms with Crippen LogP contribution >= 0.6 is 23.2 Å². The number of carbonyl (C=O) groups excluding carboxylic acids is 3. The Labute approximate surface area is 239 Å². The Morgan fingerprint density at radius 1 is 0.775 bits per heavy atom. The average molecular weight is 570 g/mol. The number of Topliss-reactive ketones (excluding diaryl/α,β-unsaturated/α-hetero) is 1. The summed E-state index contributed by atoms with van der Waals surface area (Å²) < 4.78 is 6.64. The molecule has 5 rings (SSSR count). The van der Waals surface area contributed by atoms with Crippen LogP contribution in [0.5, 0.6) is 5.75 Å². The van der Waals surface area contributed by atoms with Crippen molar-refractivity contribution in [1.82, 2.24) is 9.78 Å². The van der Waals surface area contributed by atoms with E-state index in [0.29, 0.717) is 32.7 Å². The third-order valence-electron chi connectivity index (χ3n) is 6.11. The molecule has 0 fully saturated rings. The molecule has 0 radical (unpaired) electrons. The Morgan fingerprint density at radius 2 is 1.38 bits per heavy atom. The zero-order valence-electron chi connectivity index (χ0n) is 21.1. The van der Waals surface area contributed by atoms with E-state index in [9.17, 15) is 14.4 Å². The molecular formula is C31H21Cl2N3O4. The summed E-state index contributed by atoms with van der Waals surface area (Å²) >= 11 is 12.2. The molecule has 0 atom stereocenters. The van der Waals surface area contributed by atoms with E-state index in [-0.39, 0.29) is 22.5 Å². The van der Waals surface area contributed by atoms with Gasteiger partial charge in [0.2, 0.25) is 5.78 Å². The minimum Gasteiger partial charge on any atom is -0.497 e. The Bertz CT molecular complexity index is 1700. The van der Waals surface area contributed by atoms with Crippen LogP contribution in [0.1, 0.15) is 26.4 Å². The number of halogens is 2. The molecule has 40 heavy (non-hydrogen) atoms. The quantitative estimate of drug-likeness (QED) is 0.162. The van der Waals surface area contributed by atoms with Crippen LogP contribution in [0, 0.1) is 0 Å². The van der Waals surface area contributed by atoms with Crippen molar-refractivity contribution in [2.24, 2.45) is 0 Å². The summed E-state index contributed by atoms with van der Waals surface area (Å²) in [5, 5.41) is 8.14. The second-order valence-corrected chi connectivity index (χ2v) is 9.55. The van der Waals surface area contributed by atoms with Crippen molar-refractivity contribution >= 4 is 46.4 Å². The van der Waals surface area contributed by atoms with Gasteiger partial charge in [-0.2, -0.15) is 5.10 Å². The molecule has 0 saturated heterocycles. The number of nitrogens with zero attached hydrogens (tertiary/aromatic N) is 2. The number of anilines is 1. The lowest BCUT2D eigenvalue weighted by Crippen LogP contribution is -2.25. The predicted molar refractivity (Wildman–Crippen MR) is 155 cm³/mol. The van der Waals surface area contributed by atoms with Crippen LogP contribution in [0.4, 0.5) is 5.69 Å². The Kier molecular flexibility index (Phi) is 7.77. The maximum absolute atomic E-state index is 13.9. The van der Waals surface area contributed by atoms with Gasteiger partial charge >= 0.3 is 0 Å². The second kappa shape index (κ2) is 11.6. The monoisotopic (exact) mass is 569 g/mol. The van der Waals surface area contributed by atoms with Crippen molar-refractivity contribution in [3.8, 4) is 22.7 Å². The summed E-state index contributed by atoms with van der Waals surface area (Å²) in [5.41, 5.74) is 1.73. The fourth-order valence-electron chi connectivity index (χ4n) is 4.14. The van der Waals surface area contributed by atoms with E-state index in [1.54, 1.807) is 97.1 Å². The number of ether oxygens (including phenoxy) is 1. The highest BCUT2D eigenvalue weighted by Crippen LogP contribution is 2.32. The number of hydrogen-bond donors (Lipinski definition) is 1. The highest BCUT2D eigenvalue weighted by molar-refractivity contribution is 6.48. The van der Waals surface area contributed by atoms with Gasteiger partial charge in [-0.05, 0) is 72.8 Å². The van der Waals surface area contributed by atoms with E-state index in [4.69, 9.17) is 27.9 Å². The van der Waals surface area contributed by atoms with Gasteiger partial charge in [0, 0.05) is 26.9 Å². The number of carbonyl (C=O) groups is 3. The van der Waals surface area contributed by atoms with Gasteiger partial charge in [-0.3, -0.25) is 14.4 Å². The highest BCUT2D eigenvalue weighted by atomic mass is 35.5. The molecule has 0 aliphatic heterocycles. The van der Waals surface area contributed by atoms with Gasteiger partial charge in [-0.15, -0.1) is 0 Å². The normalized spacial score (nSPS) is 10.7. The molecule has 198 valence electrons. The SMILES string of the molecule is COc1ccc(NC(=O)C(=O)c2c(C(=O)c3ccc(Cl)cc3)nn(-c3ccccc3)c2-c2ccc(Cl)cc2)cc1. The first-order valence-electron chi connectivity index (χ1n) is 12.1. The number of hydrogen-bond acceptors (Lipinski definition) is 5. The van der Waals surface area contributed by atoms with Crippen LogP contribution in [-0.4, -0.2) is 34.4 Å². The number of methoxy groups -OCH3 is 1. The minimum absolute atomic E-state index is 0.142. The lowest BCUT2D eigenvalue weighted by molar-refractivity contribution is -0.112. The number of ketones is 2. The van der Waals surface area contributed by atoms with Gasteiger partial charge in [0.05, 0.1) is 24.1 Å². The first kappa shape index (κ1) is 26.9. The van der Waals surface area contributed by atoms with Gasteiger partial charge in [-0.1, -0.05) is 53.5 Å². The van der Waals surface area contributed by atoms with Gasteiger partial charge < -0.3 is 10.1 Å². The van der Waals surface area contributed by atoms with Crippen molar-refractivity contribution in [3.63, 3.8) is 0 Å². The van der Waals surface area contributed by atoms with Crippen LogP contribution in [0.2, 0.25) is 10.0 Å². The van der Waals surface area contributed by atoms with Crippen LogP contribution < -0.4 is 10.1 Å². The summed E-state index contributed by atoms with van der Waals surface area (Å²) in [6.45, 7) is 0. The highest BCUT2D eigenvalue weighted by Gasteiger charge is 2.33. The molecule has 4 aromatic carbocycles. The van der Waals surface area contributed by atoms with E-state index in [1.165, 1.54) is 11.8 Å². The summed E-state index contributed by atoms with van der Waals surface area (Å²) in [6, 6.07) is 28.5. The molecule has 5 aromatic rings. The number of aromatic nitrogens is 2. The van der Waals surface area contributed by atoms with Crippen LogP contribution in [0.15, 0.2) is 103 Å². The first-order chi connectivity index (χ1) is 19.4. The second-order valence-electron chi connectivity index (χ2n) is 8.67. The van der Waals surface area contributed by atoms with E-state index >= 15 is 0 Å². The molecule has 1 N–H and O–H groups in total. The minimum atomic E-state index is -0.932. The topological polar surface area (TPSA) is 90.3 Å². The molecule has 0 aliphatic carbocycles. The van der Waals surface area contributed by atoms with Gasteiger partial charge in [0.1, 0.15) is 11.4 Å². The summed E-state index contributed by atoms with van der Waals surface area (Å²) in [4.78, 5) is 41.0. The standard InChI is InChI=1S/C31H21Cl2N3O4/c1-40-25-17-15-23(16-18-25)34-31(39)30(38)26-27(29(37)20-9-13-22(33)14-10-20)35-36(24-5-3-2-4-6-24)28(26)19-7-11-21(32)12-8-19/h2-18H,1H3,(H,34,39). The third-order valence-corrected chi connectivity index (χ3v) is 6.61. The van der Waals surface area contributed by atoms with Crippen LogP contribution in [-0.2, 0) is 4.79 Å². The third kappa shape index (κ3) is 5.52. The molecule has 0 saturated carbocycles. The number of para-hydroxylation sites is 1. The first-order valence-corrected chi connectivity index (χ1v) is 12.9. The molecule has 0 spiro atoms. The Hall–Kier alpha value is -4.72. The van der Waals surface area contributed by atoms with E-state index in [1.807, 2.05) is 6.07 Å². The summed E-state index contributed by atoms with van der Waals surface area (Å²) in [6.07, 6.45) is 0. The lowest BCUT2D eigenvalue weighted by atomic mass is 9.97. The van der Waals surface area contributed by atoms with Crippen molar-refractivity contribution in [3.05, 3.63) is 130 Å². The van der Waals surface area contributed by atoms with Gasteiger partial charge in [0.15, 0.2) is 0 Å². The molecule has 1 aromatic heterocycles. The summed E-state index contributed by atoms with van der Waals surface area (Å²) in [7, 11) is 1.53. The van der Waals surface area contributed by atoms with Crippen LogP contribution in [0.3, 0.4) is 0 Å². The maximum Gasteiger partial charge on any atom is 0.296 e. The molecule has 0 unspecified atom stereocenters. The number of amides is 1. The lowest BCUT2D eigenvalue weighted by Gasteiger charge is -2.11. The molecule has 1 amide bonds. The van der Waals surface area contributed by atoms with Crippen molar-refractivity contribution in [2.75, 3.05) is 12.4 Å². The Balaban J connectivity index is 1.70. The zero-order chi connectivity index (χ0) is 28.2. The molecule has 0 bridgehead atoms.